The largest absolute Gasteiger partial charge is 0.446 e. The van der Waals surface area contributed by atoms with Crippen LogP contribution in [0.3, 0.4) is 0 Å². The number of thiophene rings is 1. The molecule has 1 atom stereocenters. The minimum Gasteiger partial charge on any atom is -0.446 e. The van der Waals surface area contributed by atoms with Gasteiger partial charge in [-0.25, -0.2) is 0 Å². The van der Waals surface area contributed by atoms with Gasteiger partial charge in [-0.3, -0.25) is 9.69 Å². The number of aromatic nitrogens is 3. The number of anilines is 1. The molecule has 0 saturated heterocycles. The number of thioether (sulfide) groups is 1. The minimum atomic E-state index is -0.627. The summed E-state index contributed by atoms with van der Waals surface area (Å²) in [5, 5.41) is 8.97. The molecule has 1 unspecified atom stereocenters. The topological polar surface area (TPSA) is 68.2 Å². The van der Waals surface area contributed by atoms with Gasteiger partial charge in [0.25, 0.3) is 0 Å². The third kappa shape index (κ3) is 3.00. The lowest BCUT2D eigenvalue weighted by molar-refractivity contribution is -0.118. The maximum atomic E-state index is 12.6. The lowest BCUT2D eigenvalue weighted by Gasteiger charge is -2.28. The predicted molar refractivity (Wildman–Crippen MR) is 106 cm³/mol. The van der Waals surface area contributed by atoms with Crippen molar-refractivity contribution >= 4 is 50.6 Å². The number of para-hydroxylation sites is 1. The number of hydrogen-bond donors (Lipinski definition) is 0. The summed E-state index contributed by atoms with van der Waals surface area (Å²) in [6.07, 6.45) is 1.25. The van der Waals surface area contributed by atoms with Gasteiger partial charge in [0.1, 0.15) is 0 Å². The van der Waals surface area contributed by atoms with Crippen LogP contribution in [0, 0.1) is 0 Å². The second kappa shape index (κ2) is 6.98. The average molecular weight is 449 g/mol. The van der Waals surface area contributed by atoms with E-state index < -0.39 is 6.23 Å². The zero-order valence-corrected chi connectivity index (χ0v) is 17.1. The number of halogens is 1. The Hall–Kier alpha value is -1.97. The van der Waals surface area contributed by atoms with Crippen LogP contribution in [-0.2, 0) is 4.79 Å². The molecule has 9 heteroatoms. The number of benzene rings is 1. The standard InChI is InChI=1S/C17H13BrN4O2S2/c1-9(23)22-11-6-4-3-5-10(11)14-15(19-17(25-2)21-20-14)24-16(22)12-7-8-13(18)26-12/h3-8,16H,1-2H3. The molecule has 0 bridgehead atoms. The van der Waals surface area contributed by atoms with Crippen LogP contribution in [0.4, 0.5) is 5.69 Å². The van der Waals surface area contributed by atoms with Crippen LogP contribution in [0.2, 0.25) is 0 Å². The summed E-state index contributed by atoms with van der Waals surface area (Å²) in [6.45, 7) is 1.53. The summed E-state index contributed by atoms with van der Waals surface area (Å²) in [5.41, 5.74) is 2.02. The van der Waals surface area contributed by atoms with Gasteiger partial charge in [0.15, 0.2) is 5.69 Å². The Bertz CT molecular complexity index is 994. The van der Waals surface area contributed by atoms with Crippen LogP contribution >= 0.6 is 39.0 Å². The smallest absolute Gasteiger partial charge is 0.247 e. The molecule has 6 nitrogen and oxygen atoms in total. The van der Waals surface area contributed by atoms with E-state index in [1.54, 1.807) is 4.90 Å². The number of carbonyl (C=O) groups is 1. The summed E-state index contributed by atoms with van der Waals surface area (Å²) in [4.78, 5) is 19.6. The number of fused-ring (bicyclic) bond motifs is 3. The molecule has 2 aromatic heterocycles. The highest BCUT2D eigenvalue weighted by Gasteiger charge is 2.35. The van der Waals surface area contributed by atoms with Crippen molar-refractivity contribution in [2.45, 2.75) is 18.3 Å². The molecular weight excluding hydrogens is 436 g/mol. The lowest BCUT2D eigenvalue weighted by Crippen LogP contribution is -2.35. The Morgan fingerprint density at radius 1 is 1.27 bits per heavy atom. The van der Waals surface area contributed by atoms with Crippen LogP contribution in [0.1, 0.15) is 18.0 Å². The van der Waals surface area contributed by atoms with E-state index >= 15 is 0 Å². The van der Waals surface area contributed by atoms with E-state index in [4.69, 9.17) is 4.74 Å². The summed E-state index contributed by atoms with van der Waals surface area (Å²) in [7, 11) is 0. The van der Waals surface area contributed by atoms with Crippen molar-refractivity contribution in [3.05, 3.63) is 45.1 Å². The van der Waals surface area contributed by atoms with Crippen LogP contribution in [-0.4, -0.2) is 27.3 Å². The molecule has 1 aliphatic heterocycles. The second-order valence-electron chi connectivity index (χ2n) is 5.47. The maximum Gasteiger partial charge on any atom is 0.247 e. The van der Waals surface area contributed by atoms with Crippen LogP contribution in [0.5, 0.6) is 5.88 Å². The average Bonchev–Trinajstić information content (AvgIpc) is 3.01. The van der Waals surface area contributed by atoms with E-state index in [1.165, 1.54) is 30.0 Å². The fourth-order valence-electron chi connectivity index (χ4n) is 2.79. The van der Waals surface area contributed by atoms with Crippen molar-refractivity contribution in [3.8, 4) is 17.1 Å². The highest BCUT2D eigenvalue weighted by Crippen LogP contribution is 2.44. The van der Waals surface area contributed by atoms with Gasteiger partial charge in [0.2, 0.25) is 23.2 Å². The molecule has 0 N–H and O–H groups in total. The SMILES string of the molecule is CSc1nnc2c(n1)OC(c1ccc(Br)s1)N(C(C)=O)c1ccccc1-2. The summed E-state index contributed by atoms with van der Waals surface area (Å²) in [6, 6.07) is 11.4. The highest BCUT2D eigenvalue weighted by atomic mass is 79.9. The molecule has 26 heavy (non-hydrogen) atoms. The molecule has 1 aliphatic rings. The number of ether oxygens (including phenoxy) is 1. The molecule has 1 amide bonds. The monoisotopic (exact) mass is 448 g/mol. The predicted octanol–water partition coefficient (Wildman–Crippen LogP) is 4.53. The minimum absolute atomic E-state index is 0.127. The number of carbonyl (C=O) groups excluding carboxylic acids is 1. The Labute approximate surface area is 166 Å². The summed E-state index contributed by atoms with van der Waals surface area (Å²) in [5.74, 6) is 0.243. The van der Waals surface area contributed by atoms with Crippen LogP contribution in [0.25, 0.3) is 11.3 Å². The first-order chi connectivity index (χ1) is 12.6. The van der Waals surface area contributed by atoms with Crippen LogP contribution in [0.15, 0.2) is 45.3 Å². The van der Waals surface area contributed by atoms with Crippen molar-refractivity contribution in [3.63, 3.8) is 0 Å². The number of rotatable bonds is 2. The van der Waals surface area contributed by atoms with Gasteiger partial charge < -0.3 is 4.74 Å². The molecule has 3 heterocycles. The summed E-state index contributed by atoms with van der Waals surface area (Å²) >= 11 is 6.38. The van der Waals surface area contributed by atoms with Gasteiger partial charge in [-0.2, -0.15) is 4.98 Å². The van der Waals surface area contributed by atoms with Crippen molar-refractivity contribution in [1.29, 1.82) is 0 Å². The van der Waals surface area contributed by atoms with Crippen molar-refractivity contribution < 1.29 is 9.53 Å². The Kier molecular flexibility index (Phi) is 4.68. The highest BCUT2D eigenvalue weighted by molar-refractivity contribution is 9.11. The molecule has 3 aromatic rings. The van der Waals surface area contributed by atoms with E-state index in [0.717, 1.165) is 19.9 Å². The van der Waals surface area contributed by atoms with Crippen LogP contribution < -0.4 is 9.64 Å². The van der Waals surface area contributed by atoms with Gasteiger partial charge in [-0.05, 0) is 40.4 Å². The van der Waals surface area contributed by atoms with Gasteiger partial charge in [0.05, 0.1) is 14.4 Å². The van der Waals surface area contributed by atoms with E-state index in [0.29, 0.717) is 16.7 Å². The fourth-order valence-corrected chi connectivity index (χ4v) is 4.53. The molecule has 1 aromatic carbocycles. The quantitative estimate of drug-likeness (QED) is 0.536. The molecule has 0 saturated carbocycles. The second-order valence-corrected chi connectivity index (χ2v) is 8.74. The summed E-state index contributed by atoms with van der Waals surface area (Å²) < 4.78 is 7.18. The first-order valence-corrected chi connectivity index (χ1v) is 10.5. The normalized spacial score (nSPS) is 15.7. The number of hydrogen-bond acceptors (Lipinski definition) is 7. The number of nitrogens with zero attached hydrogens (tertiary/aromatic N) is 4. The van der Waals surface area contributed by atoms with Crippen molar-refractivity contribution in [2.24, 2.45) is 0 Å². The third-order valence-electron chi connectivity index (χ3n) is 3.87. The van der Waals surface area contributed by atoms with Gasteiger partial charge >= 0.3 is 0 Å². The van der Waals surface area contributed by atoms with Gasteiger partial charge in [0, 0.05) is 12.5 Å². The van der Waals surface area contributed by atoms with Gasteiger partial charge in [-0.1, -0.05) is 30.0 Å². The number of amides is 1. The maximum absolute atomic E-state index is 12.6. The van der Waals surface area contributed by atoms with E-state index in [1.807, 2.05) is 42.7 Å². The molecule has 4 rings (SSSR count). The zero-order chi connectivity index (χ0) is 18.3. The Balaban J connectivity index is 1.97. The molecular formula is C17H13BrN4O2S2. The zero-order valence-electron chi connectivity index (χ0n) is 13.8. The first-order valence-electron chi connectivity index (χ1n) is 7.68. The van der Waals surface area contributed by atoms with E-state index in [2.05, 4.69) is 31.1 Å². The van der Waals surface area contributed by atoms with Gasteiger partial charge in [-0.15, -0.1) is 21.5 Å². The fraction of sp³-hybridized carbons (Fsp3) is 0.176. The molecule has 0 radical (unpaired) electrons. The third-order valence-corrected chi connectivity index (χ3v) is 6.06. The lowest BCUT2D eigenvalue weighted by atomic mass is 10.1. The molecule has 0 aliphatic carbocycles. The molecule has 0 fully saturated rings. The Morgan fingerprint density at radius 2 is 2.08 bits per heavy atom. The van der Waals surface area contributed by atoms with E-state index in [-0.39, 0.29) is 5.91 Å². The van der Waals surface area contributed by atoms with Crippen molar-refractivity contribution in [2.75, 3.05) is 11.2 Å². The van der Waals surface area contributed by atoms with Crippen molar-refractivity contribution in [1.82, 2.24) is 15.2 Å². The van der Waals surface area contributed by atoms with E-state index in [9.17, 15) is 4.79 Å². The molecule has 132 valence electrons. The Morgan fingerprint density at radius 3 is 2.77 bits per heavy atom. The molecule has 0 spiro atoms. The first kappa shape index (κ1) is 17.4.